The highest BCUT2D eigenvalue weighted by molar-refractivity contribution is 5.96. The molecule has 1 saturated carbocycles. The van der Waals surface area contributed by atoms with Crippen molar-refractivity contribution in [3.05, 3.63) is 109 Å². The van der Waals surface area contributed by atoms with E-state index in [0.717, 1.165) is 23.0 Å². The van der Waals surface area contributed by atoms with Crippen molar-refractivity contribution in [2.24, 2.45) is 7.05 Å². The molecular weight excluding hydrogens is 482 g/mol. The number of hydrogen-bond acceptors (Lipinski definition) is 5. The van der Waals surface area contributed by atoms with Gasteiger partial charge in [0.05, 0.1) is 11.2 Å². The molecule has 0 unspecified atom stereocenters. The van der Waals surface area contributed by atoms with Gasteiger partial charge in [-0.3, -0.25) is 28.1 Å². The molecule has 0 saturated heterocycles. The van der Waals surface area contributed by atoms with E-state index in [9.17, 15) is 19.2 Å². The Hall–Kier alpha value is -4.66. The zero-order valence-corrected chi connectivity index (χ0v) is 21.6. The lowest BCUT2D eigenvalue weighted by molar-refractivity contribution is 0.0951. The molecule has 0 radical (unpaired) electrons. The minimum Gasteiger partial charge on any atom is -0.349 e. The van der Waals surface area contributed by atoms with E-state index in [2.05, 4.69) is 17.2 Å². The van der Waals surface area contributed by atoms with Crippen LogP contribution in [0, 0.1) is 13.8 Å². The third-order valence-electron chi connectivity index (χ3n) is 6.80. The van der Waals surface area contributed by atoms with Gasteiger partial charge in [0.25, 0.3) is 17.0 Å². The van der Waals surface area contributed by atoms with Crippen LogP contribution in [0.15, 0.2) is 75.6 Å². The largest absolute Gasteiger partial charge is 0.349 e. The van der Waals surface area contributed by atoms with Gasteiger partial charge in [0.2, 0.25) is 0 Å². The van der Waals surface area contributed by atoms with E-state index in [0.29, 0.717) is 16.9 Å². The molecule has 1 aliphatic rings. The zero-order valence-electron chi connectivity index (χ0n) is 21.6. The van der Waals surface area contributed by atoms with Crippen LogP contribution in [-0.2, 0) is 13.6 Å². The highest BCUT2D eigenvalue weighted by Gasteiger charge is 2.25. The molecule has 194 valence electrons. The standard InChI is InChI=1S/C29H29N5O4/c1-5-15-33-28(37)23-24(18(3)27(36)32(4)25(23)30-20-11-9-17(2)10-12-20)34(29(33)38)22-8-6-7-19(16-22)26(35)31-21-13-14-21/h5-12,16,21,30H,1,13-15H2,2-4H3,(H,31,35). The minimum absolute atomic E-state index is 0.0265. The average molecular weight is 512 g/mol. The summed E-state index contributed by atoms with van der Waals surface area (Å²) in [4.78, 5) is 53.7. The van der Waals surface area contributed by atoms with Crippen molar-refractivity contribution < 1.29 is 4.79 Å². The van der Waals surface area contributed by atoms with Crippen LogP contribution in [0.1, 0.15) is 34.3 Å². The maximum atomic E-state index is 13.8. The van der Waals surface area contributed by atoms with Gasteiger partial charge in [-0.2, -0.15) is 0 Å². The Bertz CT molecular complexity index is 1770. The maximum absolute atomic E-state index is 13.8. The predicted molar refractivity (Wildman–Crippen MR) is 149 cm³/mol. The fourth-order valence-electron chi connectivity index (χ4n) is 4.57. The first-order valence-electron chi connectivity index (χ1n) is 12.5. The van der Waals surface area contributed by atoms with E-state index >= 15 is 0 Å². The van der Waals surface area contributed by atoms with Crippen molar-refractivity contribution >= 4 is 28.3 Å². The molecule has 0 aliphatic heterocycles. The minimum atomic E-state index is -0.625. The number of aromatic nitrogens is 3. The molecule has 2 aromatic heterocycles. The lowest BCUT2D eigenvalue weighted by atomic mass is 10.1. The summed E-state index contributed by atoms with van der Waals surface area (Å²) in [6.07, 6.45) is 3.36. The number of anilines is 2. The molecule has 9 heteroatoms. The quantitative estimate of drug-likeness (QED) is 0.371. The third kappa shape index (κ3) is 4.36. The highest BCUT2D eigenvalue weighted by atomic mass is 16.2. The number of fused-ring (bicyclic) bond motifs is 1. The first kappa shape index (κ1) is 25.0. The maximum Gasteiger partial charge on any atom is 0.336 e. The first-order chi connectivity index (χ1) is 18.2. The van der Waals surface area contributed by atoms with Crippen molar-refractivity contribution in [1.82, 2.24) is 19.0 Å². The van der Waals surface area contributed by atoms with E-state index in [1.807, 2.05) is 31.2 Å². The Balaban J connectivity index is 1.84. The van der Waals surface area contributed by atoms with E-state index < -0.39 is 11.2 Å². The lowest BCUT2D eigenvalue weighted by Crippen LogP contribution is -2.41. The molecule has 0 spiro atoms. The molecule has 0 bridgehead atoms. The van der Waals surface area contributed by atoms with Crippen LogP contribution in [0.3, 0.4) is 0 Å². The molecule has 5 rings (SSSR count). The third-order valence-corrected chi connectivity index (χ3v) is 6.80. The summed E-state index contributed by atoms with van der Waals surface area (Å²) in [5.41, 5.74) is 1.41. The number of carbonyl (C=O) groups is 1. The van der Waals surface area contributed by atoms with E-state index in [-0.39, 0.29) is 46.3 Å². The molecule has 1 aliphatic carbocycles. The molecule has 2 aromatic carbocycles. The molecule has 1 amide bonds. The van der Waals surface area contributed by atoms with Crippen LogP contribution >= 0.6 is 0 Å². The van der Waals surface area contributed by atoms with Crippen LogP contribution in [0.25, 0.3) is 16.6 Å². The fraction of sp³-hybridized carbons (Fsp3) is 0.241. The average Bonchev–Trinajstić information content (AvgIpc) is 3.73. The van der Waals surface area contributed by atoms with Gasteiger partial charge in [-0.05, 0) is 57.0 Å². The molecule has 0 atom stereocenters. The fourth-order valence-corrected chi connectivity index (χ4v) is 4.57. The number of nitrogens with one attached hydrogen (secondary N) is 2. The number of hydrogen-bond donors (Lipinski definition) is 2. The first-order valence-corrected chi connectivity index (χ1v) is 12.5. The van der Waals surface area contributed by atoms with Crippen molar-refractivity contribution in [2.45, 2.75) is 39.3 Å². The molecule has 9 nitrogen and oxygen atoms in total. The normalized spacial score (nSPS) is 12.9. The number of aryl methyl sites for hydroxylation is 2. The van der Waals surface area contributed by atoms with Crippen LogP contribution in [0.5, 0.6) is 0 Å². The molecule has 4 aromatic rings. The second-order valence-electron chi connectivity index (χ2n) is 9.67. The van der Waals surface area contributed by atoms with Gasteiger partial charge in [0, 0.05) is 36.4 Å². The van der Waals surface area contributed by atoms with Gasteiger partial charge >= 0.3 is 5.69 Å². The Labute approximate surface area is 218 Å². The number of nitrogens with zero attached hydrogens (tertiary/aromatic N) is 3. The Morgan fingerprint density at radius 3 is 2.42 bits per heavy atom. The van der Waals surface area contributed by atoms with Crippen molar-refractivity contribution in [1.29, 1.82) is 0 Å². The molecule has 2 N–H and O–H groups in total. The smallest absolute Gasteiger partial charge is 0.336 e. The summed E-state index contributed by atoms with van der Waals surface area (Å²) in [5, 5.41) is 6.35. The Morgan fingerprint density at radius 2 is 1.76 bits per heavy atom. The van der Waals surface area contributed by atoms with Crippen LogP contribution in [0.4, 0.5) is 11.5 Å². The second-order valence-corrected chi connectivity index (χ2v) is 9.67. The van der Waals surface area contributed by atoms with Crippen molar-refractivity contribution in [3.63, 3.8) is 0 Å². The molecule has 38 heavy (non-hydrogen) atoms. The van der Waals surface area contributed by atoms with E-state index in [1.165, 1.54) is 15.2 Å². The number of pyridine rings is 1. The van der Waals surface area contributed by atoms with Crippen LogP contribution < -0.4 is 27.4 Å². The summed E-state index contributed by atoms with van der Waals surface area (Å²) in [7, 11) is 1.58. The van der Waals surface area contributed by atoms with Gasteiger partial charge in [0.1, 0.15) is 11.2 Å². The second kappa shape index (κ2) is 9.66. The molecule has 2 heterocycles. The zero-order chi connectivity index (χ0) is 27.1. The summed E-state index contributed by atoms with van der Waals surface area (Å²) in [6, 6.07) is 14.3. The molecular formula is C29H29N5O4. The van der Waals surface area contributed by atoms with Gasteiger partial charge < -0.3 is 10.6 Å². The summed E-state index contributed by atoms with van der Waals surface area (Å²) >= 11 is 0. The lowest BCUT2D eigenvalue weighted by Gasteiger charge is -2.20. The summed E-state index contributed by atoms with van der Waals surface area (Å²) in [5.74, 6) is 0.0270. The number of amides is 1. The summed E-state index contributed by atoms with van der Waals surface area (Å²) < 4.78 is 3.80. The van der Waals surface area contributed by atoms with Gasteiger partial charge in [-0.1, -0.05) is 29.8 Å². The van der Waals surface area contributed by atoms with Crippen LogP contribution in [0.2, 0.25) is 0 Å². The van der Waals surface area contributed by atoms with Gasteiger partial charge in [0.15, 0.2) is 0 Å². The monoisotopic (exact) mass is 511 g/mol. The number of carbonyl (C=O) groups excluding carboxylic acids is 1. The van der Waals surface area contributed by atoms with Crippen molar-refractivity contribution in [3.8, 4) is 5.69 Å². The predicted octanol–water partition coefficient (Wildman–Crippen LogP) is 3.29. The SMILES string of the molecule is C=CCn1c(=O)c2c(Nc3ccc(C)cc3)n(C)c(=O)c(C)c2n(-c2cccc(C(=O)NC3CC3)c2)c1=O. The Morgan fingerprint density at radius 1 is 1.05 bits per heavy atom. The summed E-state index contributed by atoms with van der Waals surface area (Å²) in [6.45, 7) is 7.24. The van der Waals surface area contributed by atoms with Crippen LogP contribution in [-0.4, -0.2) is 25.7 Å². The van der Waals surface area contributed by atoms with E-state index in [1.54, 1.807) is 38.2 Å². The number of benzene rings is 2. The topological polar surface area (TPSA) is 107 Å². The van der Waals surface area contributed by atoms with Crippen molar-refractivity contribution in [2.75, 3.05) is 5.32 Å². The van der Waals surface area contributed by atoms with Gasteiger partial charge in [-0.15, -0.1) is 6.58 Å². The highest BCUT2D eigenvalue weighted by Crippen LogP contribution is 2.26. The number of allylic oxidation sites excluding steroid dienone is 1. The molecule has 1 fully saturated rings. The van der Waals surface area contributed by atoms with Gasteiger partial charge in [-0.25, -0.2) is 4.79 Å². The number of rotatable bonds is 7. The Kier molecular flexibility index (Phi) is 6.36. The van der Waals surface area contributed by atoms with E-state index in [4.69, 9.17) is 0 Å².